The van der Waals surface area contributed by atoms with Crippen molar-refractivity contribution in [1.82, 2.24) is 20.4 Å². The lowest BCUT2D eigenvalue weighted by Gasteiger charge is -2.11. The maximum absolute atomic E-state index is 11.5. The first-order valence-electron chi connectivity index (χ1n) is 11.2. The van der Waals surface area contributed by atoms with E-state index < -0.39 is 0 Å². The Hall–Kier alpha value is -3.36. The van der Waals surface area contributed by atoms with Crippen LogP contribution in [0.25, 0.3) is 33.7 Å². The molecule has 8 nitrogen and oxygen atoms in total. The third kappa shape index (κ3) is 5.40. The Kier molecular flexibility index (Phi) is 7.49. The van der Waals surface area contributed by atoms with Crippen LogP contribution in [0, 0.1) is 0 Å². The predicted molar refractivity (Wildman–Crippen MR) is 131 cm³/mol. The molecule has 0 fully saturated rings. The van der Waals surface area contributed by atoms with E-state index in [0.717, 1.165) is 22.0 Å². The first-order valence-corrected chi connectivity index (χ1v) is 11.6. The number of nitrogens with one attached hydrogen (secondary N) is 2. The number of rotatable bonds is 10. The molecule has 0 aliphatic rings. The fourth-order valence-electron chi connectivity index (χ4n) is 3.63. The maximum atomic E-state index is 11.5. The molecule has 4 rings (SSSR count). The number of carbonyl (C=O) groups excluding carboxylic acids is 1. The van der Waals surface area contributed by atoms with Gasteiger partial charge in [0, 0.05) is 35.8 Å². The second-order valence-electron chi connectivity index (χ2n) is 8.01. The van der Waals surface area contributed by atoms with Crippen molar-refractivity contribution in [3.63, 3.8) is 0 Å². The van der Waals surface area contributed by atoms with E-state index in [1.165, 1.54) is 0 Å². The van der Waals surface area contributed by atoms with E-state index in [1.54, 1.807) is 19.1 Å². The molecule has 2 aromatic heterocycles. The lowest BCUT2D eigenvalue weighted by molar-refractivity contribution is -0.142. The fraction of sp³-hybridized carbons (Fsp3) is 0.320. The monoisotopic (exact) mass is 482 g/mol. The minimum absolute atomic E-state index is 0.0253. The van der Waals surface area contributed by atoms with Gasteiger partial charge >= 0.3 is 5.97 Å². The van der Waals surface area contributed by atoms with Crippen molar-refractivity contribution < 1.29 is 18.8 Å². The zero-order valence-electron chi connectivity index (χ0n) is 19.4. The van der Waals surface area contributed by atoms with Gasteiger partial charge in [-0.05, 0) is 50.6 Å². The number of hydrogen-bond donors (Lipinski definition) is 2. The van der Waals surface area contributed by atoms with Crippen LogP contribution in [0.2, 0.25) is 5.02 Å². The van der Waals surface area contributed by atoms with Gasteiger partial charge < -0.3 is 24.3 Å². The summed E-state index contributed by atoms with van der Waals surface area (Å²) in [5.41, 5.74) is 3.54. The third-order valence-corrected chi connectivity index (χ3v) is 5.43. The number of fused-ring (bicyclic) bond motifs is 1. The second-order valence-corrected chi connectivity index (χ2v) is 8.42. The van der Waals surface area contributed by atoms with Gasteiger partial charge in [-0.15, -0.1) is 0 Å². The highest BCUT2D eigenvalue weighted by atomic mass is 35.5. The Labute approximate surface area is 202 Å². The molecule has 0 atom stereocenters. The average molecular weight is 483 g/mol. The van der Waals surface area contributed by atoms with E-state index >= 15 is 0 Å². The van der Waals surface area contributed by atoms with Crippen LogP contribution in [0.3, 0.4) is 0 Å². The highest BCUT2D eigenvalue weighted by molar-refractivity contribution is 6.32. The van der Waals surface area contributed by atoms with Crippen molar-refractivity contribution in [2.24, 2.45) is 0 Å². The molecule has 0 saturated carbocycles. The summed E-state index contributed by atoms with van der Waals surface area (Å²) in [5, 5.41) is 9.00. The molecule has 34 heavy (non-hydrogen) atoms. The van der Waals surface area contributed by atoms with Gasteiger partial charge in [-0.3, -0.25) is 4.79 Å². The van der Waals surface area contributed by atoms with E-state index in [2.05, 4.69) is 20.4 Å². The minimum Gasteiger partial charge on any atom is -0.489 e. The van der Waals surface area contributed by atoms with Crippen molar-refractivity contribution in [2.45, 2.75) is 39.8 Å². The van der Waals surface area contributed by atoms with E-state index in [4.69, 9.17) is 25.6 Å². The highest BCUT2D eigenvalue weighted by Crippen LogP contribution is 2.33. The van der Waals surface area contributed by atoms with Gasteiger partial charge in [-0.2, -0.15) is 4.98 Å². The quantitative estimate of drug-likeness (QED) is 0.231. The molecule has 2 heterocycles. The number of nitrogens with zero attached hydrogens (tertiary/aromatic N) is 2. The summed E-state index contributed by atoms with van der Waals surface area (Å²) in [4.78, 5) is 19.4. The van der Waals surface area contributed by atoms with Crippen molar-refractivity contribution in [3.05, 3.63) is 53.2 Å². The Morgan fingerprint density at radius 2 is 2.12 bits per heavy atom. The van der Waals surface area contributed by atoms with Gasteiger partial charge in [0.1, 0.15) is 5.75 Å². The number of esters is 1. The second kappa shape index (κ2) is 10.7. The number of aromatic amines is 1. The van der Waals surface area contributed by atoms with Crippen LogP contribution in [0.1, 0.15) is 32.8 Å². The van der Waals surface area contributed by atoms with Crippen LogP contribution in [-0.2, 0) is 16.1 Å². The topological polar surface area (TPSA) is 102 Å². The van der Waals surface area contributed by atoms with Crippen molar-refractivity contribution in [1.29, 1.82) is 0 Å². The number of ether oxygens (including phenoxy) is 2. The number of benzene rings is 2. The molecule has 2 aromatic carbocycles. The number of aromatic nitrogens is 3. The van der Waals surface area contributed by atoms with Crippen LogP contribution in [0.15, 0.2) is 47.1 Å². The number of halogens is 1. The summed E-state index contributed by atoms with van der Waals surface area (Å²) in [6.07, 6.45) is 2.30. The lowest BCUT2D eigenvalue weighted by atomic mass is 10.1. The molecule has 178 valence electrons. The van der Waals surface area contributed by atoms with E-state index in [0.29, 0.717) is 54.2 Å². The molecule has 9 heteroatoms. The van der Waals surface area contributed by atoms with Gasteiger partial charge in [0.05, 0.1) is 29.7 Å². The van der Waals surface area contributed by atoms with E-state index in [9.17, 15) is 4.79 Å². The minimum atomic E-state index is -0.201. The Bertz CT molecular complexity index is 1280. The third-order valence-electron chi connectivity index (χ3n) is 5.14. The summed E-state index contributed by atoms with van der Waals surface area (Å²) in [6, 6.07) is 11.3. The zero-order chi connectivity index (χ0) is 24.1. The molecular formula is C25H27ClN4O4. The van der Waals surface area contributed by atoms with Crippen LogP contribution >= 0.6 is 11.6 Å². The molecule has 0 amide bonds. The van der Waals surface area contributed by atoms with Gasteiger partial charge in [0.25, 0.3) is 5.89 Å². The summed E-state index contributed by atoms with van der Waals surface area (Å²) in [6.45, 7) is 7.25. The molecule has 0 aliphatic heterocycles. The van der Waals surface area contributed by atoms with E-state index in [-0.39, 0.29) is 12.1 Å². The predicted octanol–water partition coefficient (Wildman–Crippen LogP) is 5.37. The van der Waals surface area contributed by atoms with Crippen molar-refractivity contribution in [2.75, 3.05) is 13.2 Å². The normalized spacial score (nSPS) is 11.3. The van der Waals surface area contributed by atoms with Crippen molar-refractivity contribution in [3.8, 4) is 28.6 Å². The first-order chi connectivity index (χ1) is 16.5. The summed E-state index contributed by atoms with van der Waals surface area (Å²) < 4.78 is 16.2. The van der Waals surface area contributed by atoms with Crippen LogP contribution < -0.4 is 10.1 Å². The molecule has 0 bridgehead atoms. The number of H-pyrrole nitrogens is 1. The Balaban J connectivity index is 1.51. The molecule has 0 radical (unpaired) electrons. The van der Waals surface area contributed by atoms with Gasteiger partial charge in [-0.25, -0.2) is 0 Å². The molecule has 0 aliphatic carbocycles. The lowest BCUT2D eigenvalue weighted by Crippen LogP contribution is -2.18. The van der Waals surface area contributed by atoms with Gasteiger partial charge in [0.15, 0.2) is 0 Å². The summed E-state index contributed by atoms with van der Waals surface area (Å²) in [7, 11) is 0. The SMILES string of the molecule is CCOC(=O)CCNCc1c[nH]c2c(-c3noc(-c4ccc(OC(C)C)c(Cl)c4)n3)cccc12. The molecule has 4 aromatic rings. The number of carbonyl (C=O) groups is 1. The Morgan fingerprint density at radius 3 is 2.88 bits per heavy atom. The molecular weight excluding hydrogens is 456 g/mol. The summed E-state index contributed by atoms with van der Waals surface area (Å²) in [5.74, 6) is 1.26. The first kappa shape index (κ1) is 23.8. The zero-order valence-corrected chi connectivity index (χ0v) is 20.1. The van der Waals surface area contributed by atoms with Crippen LogP contribution in [0.5, 0.6) is 5.75 Å². The highest BCUT2D eigenvalue weighted by Gasteiger charge is 2.16. The van der Waals surface area contributed by atoms with Crippen LogP contribution in [-0.4, -0.2) is 40.3 Å². The van der Waals surface area contributed by atoms with Crippen molar-refractivity contribution >= 4 is 28.5 Å². The Morgan fingerprint density at radius 1 is 1.26 bits per heavy atom. The molecule has 2 N–H and O–H groups in total. The molecule has 0 spiro atoms. The molecule has 0 saturated heterocycles. The van der Waals surface area contributed by atoms with Crippen LogP contribution in [0.4, 0.5) is 0 Å². The average Bonchev–Trinajstić information content (AvgIpc) is 3.46. The van der Waals surface area contributed by atoms with Gasteiger partial charge in [-0.1, -0.05) is 28.9 Å². The standard InChI is InChI=1S/C25H27ClN4O4/c1-4-32-22(31)10-11-27-13-17-14-28-23-18(17)6-5-7-19(23)24-29-25(34-30-24)16-8-9-21(20(26)12-16)33-15(2)3/h5-9,12,14-15,27-28H,4,10-11,13H2,1-3H3. The maximum Gasteiger partial charge on any atom is 0.307 e. The number of hydrogen-bond acceptors (Lipinski definition) is 7. The molecule has 0 unspecified atom stereocenters. The van der Waals surface area contributed by atoms with E-state index in [1.807, 2.05) is 44.3 Å². The summed E-state index contributed by atoms with van der Waals surface area (Å²) >= 11 is 6.36. The largest absolute Gasteiger partial charge is 0.489 e. The number of para-hydroxylation sites is 1. The fourth-order valence-corrected chi connectivity index (χ4v) is 3.85. The van der Waals surface area contributed by atoms with Gasteiger partial charge in [0.2, 0.25) is 5.82 Å². The smallest absolute Gasteiger partial charge is 0.307 e.